The molecule has 0 saturated carbocycles. The van der Waals surface area contributed by atoms with Gasteiger partial charge < -0.3 is 9.84 Å². The quantitative estimate of drug-likeness (QED) is 0.721. The summed E-state index contributed by atoms with van der Waals surface area (Å²) in [7, 11) is 0. The number of carbonyl (C=O) groups excluding carboxylic acids is 1. The molecule has 1 aromatic carbocycles. The number of pyridine rings is 1. The van der Waals surface area contributed by atoms with Crippen LogP contribution in [0.15, 0.2) is 51.7 Å². The molecular formula is C17H15BrN4O2. The Balaban J connectivity index is 1.59. The van der Waals surface area contributed by atoms with Crippen LogP contribution < -0.4 is 5.32 Å². The van der Waals surface area contributed by atoms with Gasteiger partial charge in [-0.15, -0.1) is 0 Å². The summed E-state index contributed by atoms with van der Waals surface area (Å²) in [4.78, 5) is 20.4. The summed E-state index contributed by atoms with van der Waals surface area (Å²) < 4.78 is 6.10. The van der Waals surface area contributed by atoms with Gasteiger partial charge in [-0.05, 0) is 36.8 Å². The minimum absolute atomic E-state index is 0.0997. The number of hydrogen-bond donors (Lipinski definition) is 1. The monoisotopic (exact) mass is 386 g/mol. The number of amides is 1. The van der Waals surface area contributed by atoms with Crippen molar-refractivity contribution in [1.82, 2.24) is 15.1 Å². The second-order valence-electron chi connectivity index (χ2n) is 5.26. The first kappa shape index (κ1) is 16.3. The molecule has 6 nitrogen and oxygen atoms in total. The van der Waals surface area contributed by atoms with Gasteiger partial charge in [0, 0.05) is 41.0 Å². The van der Waals surface area contributed by atoms with Crippen LogP contribution in [0.2, 0.25) is 0 Å². The van der Waals surface area contributed by atoms with E-state index in [4.69, 9.17) is 4.52 Å². The van der Waals surface area contributed by atoms with E-state index < -0.39 is 0 Å². The number of anilines is 1. The highest BCUT2D eigenvalue weighted by Crippen LogP contribution is 2.21. The lowest BCUT2D eigenvalue weighted by molar-refractivity contribution is -0.116. The minimum atomic E-state index is -0.0997. The van der Waals surface area contributed by atoms with Crippen LogP contribution in [-0.2, 0) is 11.2 Å². The summed E-state index contributed by atoms with van der Waals surface area (Å²) in [6.45, 7) is 1.94. The molecule has 3 rings (SSSR count). The van der Waals surface area contributed by atoms with Gasteiger partial charge in [-0.2, -0.15) is 4.98 Å². The number of nitrogens with zero attached hydrogens (tertiary/aromatic N) is 3. The molecule has 122 valence electrons. The van der Waals surface area contributed by atoms with Crippen LogP contribution in [0.1, 0.15) is 17.9 Å². The number of carbonyl (C=O) groups is 1. The zero-order valence-corrected chi connectivity index (χ0v) is 14.6. The number of benzene rings is 1. The van der Waals surface area contributed by atoms with Crippen LogP contribution in [0.5, 0.6) is 0 Å². The normalized spacial score (nSPS) is 10.6. The zero-order valence-electron chi connectivity index (χ0n) is 13.0. The first-order valence-electron chi connectivity index (χ1n) is 7.41. The summed E-state index contributed by atoms with van der Waals surface area (Å²) >= 11 is 3.40. The highest BCUT2D eigenvalue weighted by Gasteiger charge is 2.11. The molecule has 0 fully saturated rings. The highest BCUT2D eigenvalue weighted by atomic mass is 79.9. The fourth-order valence-corrected chi connectivity index (χ4v) is 2.49. The van der Waals surface area contributed by atoms with Crippen molar-refractivity contribution < 1.29 is 9.32 Å². The Hall–Kier alpha value is -2.54. The average molecular weight is 387 g/mol. The molecule has 0 bridgehead atoms. The summed E-state index contributed by atoms with van der Waals surface area (Å²) in [6, 6.07) is 9.41. The van der Waals surface area contributed by atoms with Crippen molar-refractivity contribution in [3.05, 3.63) is 58.7 Å². The Morgan fingerprint density at radius 2 is 2.21 bits per heavy atom. The number of aryl methyl sites for hydroxylation is 2. The van der Waals surface area contributed by atoms with Crippen molar-refractivity contribution in [2.75, 3.05) is 5.32 Å². The Morgan fingerprint density at radius 3 is 3.00 bits per heavy atom. The second-order valence-corrected chi connectivity index (χ2v) is 6.18. The van der Waals surface area contributed by atoms with E-state index in [2.05, 4.69) is 36.4 Å². The SMILES string of the molecule is Cc1ccc(Br)cc1NC(=O)CCc1nc(-c2cccnc2)no1. The van der Waals surface area contributed by atoms with Crippen molar-refractivity contribution in [3.8, 4) is 11.4 Å². The number of rotatable bonds is 5. The first-order valence-corrected chi connectivity index (χ1v) is 8.20. The Morgan fingerprint density at radius 1 is 1.33 bits per heavy atom. The van der Waals surface area contributed by atoms with Crippen LogP contribution >= 0.6 is 15.9 Å². The van der Waals surface area contributed by atoms with Crippen LogP contribution in [0.25, 0.3) is 11.4 Å². The van der Waals surface area contributed by atoms with E-state index in [-0.39, 0.29) is 12.3 Å². The first-order chi connectivity index (χ1) is 11.6. The maximum Gasteiger partial charge on any atom is 0.227 e. The Bertz CT molecular complexity index is 849. The number of halogens is 1. The maximum absolute atomic E-state index is 12.1. The summed E-state index contributed by atoms with van der Waals surface area (Å²) in [5, 5.41) is 6.80. The van der Waals surface area contributed by atoms with E-state index in [1.54, 1.807) is 18.5 Å². The lowest BCUT2D eigenvalue weighted by Gasteiger charge is -2.08. The van der Waals surface area contributed by atoms with E-state index in [1.165, 1.54) is 0 Å². The van der Waals surface area contributed by atoms with Gasteiger partial charge in [0.05, 0.1) is 0 Å². The predicted octanol–water partition coefficient (Wildman–Crippen LogP) is 3.77. The van der Waals surface area contributed by atoms with E-state index in [0.717, 1.165) is 21.3 Å². The van der Waals surface area contributed by atoms with Crippen molar-refractivity contribution in [3.63, 3.8) is 0 Å². The molecule has 0 unspecified atom stereocenters. The third-order valence-corrected chi connectivity index (χ3v) is 3.92. The molecule has 1 N–H and O–H groups in total. The van der Waals surface area contributed by atoms with Gasteiger partial charge in [0.25, 0.3) is 0 Å². The number of aromatic nitrogens is 3. The van der Waals surface area contributed by atoms with Gasteiger partial charge in [-0.3, -0.25) is 9.78 Å². The second kappa shape index (κ2) is 7.35. The van der Waals surface area contributed by atoms with Gasteiger partial charge in [0.1, 0.15) is 0 Å². The topological polar surface area (TPSA) is 80.9 Å². The van der Waals surface area contributed by atoms with Crippen molar-refractivity contribution in [1.29, 1.82) is 0 Å². The Kier molecular flexibility index (Phi) is 5.00. The average Bonchev–Trinajstić information content (AvgIpc) is 3.06. The molecule has 1 amide bonds. The Labute approximate surface area is 147 Å². The van der Waals surface area contributed by atoms with E-state index in [0.29, 0.717) is 18.1 Å². The van der Waals surface area contributed by atoms with Crippen molar-refractivity contribution >= 4 is 27.5 Å². The predicted molar refractivity (Wildman–Crippen MR) is 93.4 cm³/mol. The highest BCUT2D eigenvalue weighted by molar-refractivity contribution is 9.10. The lowest BCUT2D eigenvalue weighted by atomic mass is 10.2. The molecule has 0 radical (unpaired) electrons. The largest absolute Gasteiger partial charge is 0.339 e. The fourth-order valence-electron chi connectivity index (χ4n) is 2.13. The minimum Gasteiger partial charge on any atom is -0.339 e. The standard InChI is InChI=1S/C17H15BrN4O2/c1-11-4-5-13(18)9-14(11)20-15(23)6-7-16-21-17(22-24-16)12-3-2-8-19-10-12/h2-5,8-10H,6-7H2,1H3,(H,20,23). The number of nitrogens with one attached hydrogen (secondary N) is 1. The third kappa shape index (κ3) is 4.05. The van der Waals surface area contributed by atoms with Crippen molar-refractivity contribution in [2.24, 2.45) is 0 Å². The van der Waals surface area contributed by atoms with E-state index >= 15 is 0 Å². The van der Waals surface area contributed by atoms with Gasteiger partial charge in [-0.25, -0.2) is 0 Å². The molecule has 3 aromatic rings. The maximum atomic E-state index is 12.1. The molecule has 2 aromatic heterocycles. The molecular weight excluding hydrogens is 372 g/mol. The number of hydrogen-bond acceptors (Lipinski definition) is 5. The third-order valence-electron chi connectivity index (χ3n) is 3.43. The molecule has 24 heavy (non-hydrogen) atoms. The molecule has 7 heteroatoms. The van der Waals surface area contributed by atoms with Crippen LogP contribution in [0.3, 0.4) is 0 Å². The summed E-state index contributed by atoms with van der Waals surface area (Å²) in [6.07, 6.45) is 3.99. The summed E-state index contributed by atoms with van der Waals surface area (Å²) in [5.41, 5.74) is 2.57. The van der Waals surface area contributed by atoms with Gasteiger partial charge in [-0.1, -0.05) is 27.2 Å². The molecule has 0 spiro atoms. The van der Waals surface area contributed by atoms with E-state index in [1.807, 2.05) is 31.2 Å². The molecule has 0 aliphatic rings. The van der Waals surface area contributed by atoms with Crippen LogP contribution in [0, 0.1) is 6.92 Å². The molecule has 0 atom stereocenters. The molecule has 2 heterocycles. The lowest BCUT2D eigenvalue weighted by Crippen LogP contribution is -2.13. The zero-order chi connectivity index (χ0) is 16.9. The molecule has 0 saturated heterocycles. The summed E-state index contributed by atoms with van der Waals surface area (Å²) in [5.74, 6) is 0.800. The van der Waals surface area contributed by atoms with Crippen LogP contribution in [0.4, 0.5) is 5.69 Å². The van der Waals surface area contributed by atoms with Gasteiger partial charge in [0.2, 0.25) is 17.6 Å². The van der Waals surface area contributed by atoms with Gasteiger partial charge >= 0.3 is 0 Å². The van der Waals surface area contributed by atoms with E-state index in [9.17, 15) is 4.79 Å². The van der Waals surface area contributed by atoms with Crippen molar-refractivity contribution in [2.45, 2.75) is 19.8 Å². The fraction of sp³-hybridized carbons (Fsp3) is 0.176. The molecule has 0 aliphatic carbocycles. The van der Waals surface area contributed by atoms with Gasteiger partial charge in [0.15, 0.2) is 0 Å². The molecule has 0 aliphatic heterocycles. The van der Waals surface area contributed by atoms with Crippen LogP contribution in [-0.4, -0.2) is 21.0 Å². The smallest absolute Gasteiger partial charge is 0.227 e.